The topological polar surface area (TPSA) is 102 Å². The number of carbonyl (C=O) groups is 1. The molecule has 1 aliphatic rings. The molecule has 108 valence electrons. The lowest BCUT2D eigenvalue weighted by Crippen LogP contribution is -2.49. The van der Waals surface area contributed by atoms with Gasteiger partial charge in [-0.3, -0.25) is 10.1 Å². The van der Waals surface area contributed by atoms with E-state index in [4.69, 9.17) is 5.73 Å². The number of urea groups is 1. The molecule has 1 heterocycles. The zero-order valence-electron chi connectivity index (χ0n) is 11.1. The van der Waals surface area contributed by atoms with Crippen LogP contribution in [0.2, 0.25) is 0 Å². The van der Waals surface area contributed by atoms with Crippen molar-refractivity contribution in [3.8, 4) is 0 Å². The van der Waals surface area contributed by atoms with Crippen LogP contribution in [0.5, 0.6) is 0 Å². The van der Waals surface area contributed by atoms with Gasteiger partial charge in [0, 0.05) is 37.0 Å². The number of nitrogens with two attached hydrogens (primary N) is 1. The molecule has 2 rings (SSSR count). The Bertz CT molecular complexity index is 506. The number of hydrogen-bond acceptors (Lipinski definition) is 4. The Morgan fingerprint density at radius 3 is 3.00 bits per heavy atom. The maximum atomic E-state index is 12.2. The van der Waals surface area contributed by atoms with Crippen LogP contribution in [0.3, 0.4) is 0 Å². The predicted octanol–water partition coefficient (Wildman–Crippen LogP) is 1.94. The summed E-state index contributed by atoms with van der Waals surface area (Å²) < 4.78 is 0. The minimum atomic E-state index is -0.487. The summed E-state index contributed by atoms with van der Waals surface area (Å²) in [6.07, 6.45) is 2.93. The highest BCUT2D eigenvalue weighted by molar-refractivity contribution is 5.90. The number of amides is 2. The second-order valence-corrected chi connectivity index (χ2v) is 4.82. The van der Waals surface area contributed by atoms with Gasteiger partial charge in [-0.1, -0.05) is 6.07 Å². The maximum absolute atomic E-state index is 12.2. The van der Waals surface area contributed by atoms with E-state index in [0.717, 1.165) is 19.3 Å². The standard InChI is InChI=1S/C13H18N4O3/c14-9-12-5-1-2-7-16(12)13(18)15-10-4-3-6-11(8-10)17(19)20/h3-4,6,8,12H,1-2,5,7,9,14H2,(H,15,18). The van der Waals surface area contributed by atoms with E-state index in [1.165, 1.54) is 12.1 Å². The molecule has 20 heavy (non-hydrogen) atoms. The average molecular weight is 278 g/mol. The van der Waals surface area contributed by atoms with Gasteiger partial charge in [0.25, 0.3) is 5.69 Å². The zero-order valence-corrected chi connectivity index (χ0v) is 11.1. The van der Waals surface area contributed by atoms with Crippen molar-refractivity contribution in [2.75, 3.05) is 18.4 Å². The molecule has 3 N–H and O–H groups in total. The molecule has 1 saturated heterocycles. The van der Waals surface area contributed by atoms with Crippen LogP contribution in [0.4, 0.5) is 16.2 Å². The smallest absolute Gasteiger partial charge is 0.322 e. The Morgan fingerprint density at radius 1 is 1.50 bits per heavy atom. The fourth-order valence-corrected chi connectivity index (χ4v) is 2.41. The van der Waals surface area contributed by atoms with E-state index in [1.54, 1.807) is 17.0 Å². The number of nitrogens with zero attached hydrogens (tertiary/aromatic N) is 2. The fourth-order valence-electron chi connectivity index (χ4n) is 2.41. The minimum absolute atomic E-state index is 0.0439. The van der Waals surface area contributed by atoms with Crippen LogP contribution < -0.4 is 11.1 Å². The second-order valence-electron chi connectivity index (χ2n) is 4.82. The van der Waals surface area contributed by atoms with Crippen LogP contribution >= 0.6 is 0 Å². The van der Waals surface area contributed by atoms with Gasteiger partial charge in [0.15, 0.2) is 0 Å². The molecular formula is C13H18N4O3. The van der Waals surface area contributed by atoms with Crippen molar-refractivity contribution < 1.29 is 9.72 Å². The first-order valence-corrected chi connectivity index (χ1v) is 6.64. The lowest BCUT2D eigenvalue weighted by molar-refractivity contribution is -0.384. The molecule has 7 nitrogen and oxygen atoms in total. The first kappa shape index (κ1) is 14.3. The van der Waals surface area contributed by atoms with Crippen molar-refractivity contribution in [3.05, 3.63) is 34.4 Å². The van der Waals surface area contributed by atoms with E-state index in [-0.39, 0.29) is 17.8 Å². The Hall–Kier alpha value is -2.15. The molecule has 0 bridgehead atoms. The highest BCUT2D eigenvalue weighted by Gasteiger charge is 2.25. The third-order valence-electron chi connectivity index (χ3n) is 3.47. The SMILES string of the molecule is NCC1CCCCN1C(=O)Nc1cccc([N+](=O)[O-])c1. The van der Waals surface area contributed by atoms with Crippen molar-refractivity contribution in [1.29, 1.82) is 0 Å². The fraction of sp³-hybridized carbons (Fsp3) is 0.462. The number of anilines is 1. The molecule has 0 spiro atoms. The van der Waals surface area contributed by atoms with E-state index in [2.05, 4.69) is 5.32 Å². The molecule has 0 aliphatic carbocycles. The van der Waals surface area contributed by atoms with Gasteiger partial charge in [0.1, 0.15) is 0 Å². The number of carbonyl (C=O) groups excluding carboxylic acids is 1. The van der Waals surface area contributed by atoms with Gasteiger partial charge in [-0.05, 0) is 25.3 Å². The minimum Gasteiger partial charge on any atom is -0.328 e. The third kappa shape index (κ3) is 3.24. The summed E-state index contributed by atoms with van der Waals surface area (Å²) in [6.45, 7) is 1.10. The first-order chi connectivity index (χ1) is 9.61. The van der Waals surface area contributed by atoms with Crippen molar-refractivity contribution in [2.45, 2.75) is 25.3 Å². The van der Waals surface area contributed by atoms with Gasteiger partial charge < -0.3 is 16.0 Å². The van der Waals surface area contributed by atoms with Gasteiger partial charge in [0.05, 0.1) is 4.92 Å². The normalized spacial score (nSPS) is 18.6. The van der Waals surface area contributed by atoms with Gasteiger partial charge in [-0.15, -0.1) is 0 Å². The summed E-state index contributed by atoms with van der Waals surface area (Å²) >= 11 is 0. The molecule has 2 amide bonds. The molecular weight excluding hydrogens is 260 g/mol. The van der Waals surface area contributed by atoms with Gasteiger partial charge >= 0.3 is 6.03 Å². The van der Waals surface area contributed by atoms with E-state index < -0.39 is 4.92 Å². The number of benzene rings is 1. The maximum Gasteiger partial charge on any atom is 0.322 e. The number of nitro groups is 1. The zero-order chi connectivity index (χ0) is 14.5. The lowest BCUT2D eigenvalue weighted by Gasteiger charge is -2.34. The Morgan fingerprint density at radius 2 is 2.30 bits per heavy atom. The van der Waals surface area contributed by atoms with Crippen molar-refractivity contribution in [1.82, 2.24) is 4.90 Å². The predicted molar refractivity (Wildman–Crippen MR) is 75.5 cm³/mol. The number of nitro benzene ring substituents is 1. The molecule has 1 unspecified atom stereocenters. The van der Waals surface area contributed by atoms with E-state index in [9.17, 15) is 14.9 Å². The lowest BCUT2D eigenvalue weighted by atomic mass is 10.0. The molecule has 1 aromatic carbocycles. The number of piperidine rings is 1. The summed E-state index contributed by atoms with van der Waals surface area (Å²) in [5.41, 5.74) is 6.05. The monoisotopic (exact) mass is 278 g/mol. The molecule has 0 aromatic heterocycles. The number of non-ortho nitro benzene ring substituents is 1. The highest BCUT2D eigenvalue weighted by atomic mass is 16.6. The Labute approximate surface area is 116 Å². The first-order valence-electron chi connectivity index (χ1n) is 6.64. The van der Waals surface area contributed by atoms with E-state index in [0.29, 0.717) is 18.8 Å². The van der Waals surface area contributed by atoms with Crippen LogP contribution in [-0.2, 0) is 0 Å². The summed E-state index contributed by atoms with van der Waals surface area (Å²) in [6, 6.07) is 5.71. The van der Waals surface area contributed by atoms with Crippen LogP contribution in [0.1, 0.15) is 19.3 Å². The van der Waals surface area contributed by atoms with Crippen LogP contribution in [0.15, 0.2) is 24.3 Å². The number of hydrogen-bond donors (Lipinski definition) is 2. The molecule has 1 atom stereocenters. The molecule has 1 aromatic rings. The summed E-state index contributed by atoms with van der Waals surface area (Å²) in [5.74, 6) is 0. The number of rotatable bonds is 3. The van der Waals surface area contributed by atoms with Crippen molar-refractivity contribution in [3.63, 3.8) is 0 Å². The van der Waals surface area contributed by atoms with Crippen molar-refractivity contribution in [2.24, 2.45) is 5.73 Å². The largest absolute Gasteiger partial charge is 0.328 e. The number of nitrogens with one attached hydrogen (secondary N) is 1. The highest BCUT2D eigenvalue weighted by Crippen LogP contribution is 2.20. The van der Waals surface area contributed by atoms with Gasteiger partial charge in [-0.2, -0.15) is 0 Å². The molecule has 1 fully saturated rings. The van der Waals surface area contributed by atoms with Crippen LogP contribution in [0.25, 0.3) is 0 Å². The van der Waals surface area contributed by atoms with Gasteiger partial charge in [-0.25, -0.2) is 4.79 Å². The molecule has 0 radical (unpaired) electrons. The van der Waals surface area contributed by atoms with E-state index >= 15 is 0 Å². The van der Waals surface area contributed by atoms with Crippen LogP contribution in [-0.4, -0.2) is 35.0 Å². The molecule has 0 saturated carbocycles. The molecule has 7 heteroatoms. The third-order valence-corrected chi connectivity index (χ3v) is 3.47. The summed E-state index contributed by atoms with van der Waals surface area (Å²) in [4.78, 5) is 24.1. The Kier molecular flexibility index (Phi) is 4.52. The van der Waals surface area contributed by atoms with Crippen LogP contribution in [0, 0.1) is 10.1 Å². The quantitative estimate of drug-likeness (QED) is 0.651. The summed E-state index contributed by atoms with van der Waals surface area (Å²) in [7, 11) is 0. The average Bonchev–Trinajstić information content (AvgIpc) is 2.47. The second kappa shape index (κ2) is 6.33. The molecule has 1 aliphatic heterocycles. The Balaban J connectivity index is 2.06. The van der Waals surface area contributed by atoms with Crippen molar-refractivity contribution >= 4 is 17.4 Å². The van der Waals surface area contributed by atoms with Gasteiger partial charge in [0.2, 0.25) is 0 Å². The number of likely N-dealkylation sites (tertiary alicyclic amines) is 1. The van der Waals surface area contributed by atoms with E-state index in [1.807, 2.05) is 0 Å². The summed E-state index contributed by atoms with van der Waals surface area (Å²) in [5, 5.41) is 13.4.